The predicted octanol–water partition coefficient (Wildman–Crippen LogP) is 3.00. The minimum absolute atomic E-state index is 0.0124. The lowest BCUT2D eigenvalue weighted by Gasteiger charge is -2.08. The van der Waals surface area contributed by atoms with Crippen LogP contribution in [0.4, 0.5) is 0 Å². The van der Waals surface area contributed by atoms with Crippen molar-refractivity contribution in [2.75, 3.05) is 17.7 Å². The monoisotopic (exact) mass is 276 g/mol. The first-order chi connectivity index (χ1) is 6.72. The smallest absolute Gasteiger partial charge is 0.208 e. The fraction of sp³-hybridized carbons (Fsp3) is 0.500. The van der Waals surface area contributed by atoms with E-state index in [1.54, 1.807) is 6.07 Å². The van der Waals surface area contributed by atoms with Crippen LogP contribution in [-0.2, 0) is 0 Å². The first kappa shape index (κ1) is 11.9. The number of ketones is 1. The minimum Gasteiger partial charge on any atom is -0.453 e. The van der Waals surface area contributed by atoms with Gasteiger partial charge in [-0.3, -0.25) is 4.79 Å². The van der Waals surface area contributed by atoms with Gasteiger partial charge in [0.05, 0.1) is 5.33 Å². The van der Waals surface area contributed by atoms with E-state index < -0.39 is 0 Å². The Hall–Kier alpha value is -0.140. The Bertz CT molecular complexity index is 305. The second-order valence-electron chi connectivity index (χ2n) is 2.87. The summed E-state index contributed by atoms with van der Waals surface area (Å²) in [6.07, 6.45) is 2.22. The van der Waals surface area contributed by atoms with Crippen molar-refractivity contribution < 1.29 is 9.21 Å². The molecule has 1 heterocycles. The fourth-order valence-electron chi connectivity index (χ4n) is 1.25. The van der Waals surface area contributed by atoms with Crippen LogP contribution < -0.4 is 5.50 Å². The molecule has 0 amide bonds. The third-order valence-corrected chi connectivity index (χ3v) is 4.96. The third-order valence-electron chi connectivity index (χ3n) is 2.06. The van der Waals surface area contributed by atoms with Crippen molar-refractivity contribution in [3.05, 3.63) is 17.9 Å². The van der Waals surface area contributed by atoms with Crippen LogP contribution in [0, 0.1) is 0 Å². The van der Waals surface area contributed by atoms with Crippen molar-refractivity contribution in [3.63, 3.8) is 0 Å². The molecule has 0 N–H and O–H groups in total. The van der Waals surface area contributed by atoms with Crippen molar-refractivity contribution >= 4 is 35.1 Å². The van der Waals surface area contributed by atoms with E-state index in [1.165, 1.54) is 0 Å². The zero-order valence-corrected chi connectivity index (χ0v) is 10.9. The molecular formula is C10H14BrO2P. The average Bonchev–Trinajstić information content (AvgIpc) is 2.68. The highest BCUT2D eigenvalue weighted by atomic mass is 79.9. The minimum atomic E-state index is -0.194. The van der Waals surface area contributed by atoms with E-state index in [2.05, 4.69) is 29.8 Å². The van der Waals surface area contributed by atoms with Crippen molar-refractivity contribution in [2.24, 2.45) is 0 Å². The van der Waals surface area contributed by atoms with Gasteiger partial charge in [-0.05, 0) is 32.4 Å². The van der Waals surface area contributed by atoms with Crippen molar-refractivity contribution in [1.29, 1.82) is 0 Å². The maximum Gasteiger partial charge on any atom is 0.208 e. The van der Waals surface area contributed by atoms with Crippen molar-refractivity contribution in [2.45, 2.75) is 13.8 Å². The van der Waals surface area contributed by atoms with Gasteiger partial charge < -0.3 is 4.42 Å². The van der Waals surface area contributed by atoms with Crippen LogP contribution in [0.3, 0.4) is 0 Å². The molecule has 0 unspecified atom stereocenters. The maximum absolute atomic E-state index is 11.3. The molecule has 0 spiro atoms. The lowest BCUT2D eigenvalue weighted by Crippen LogP contribution is -2.02. The second kappa shape index (κ2) is 5.67. The van der Waals surface area contributed by atoms with Crippen LogP contribution in [0.1, 0.15) is 24.4 Å². The molecule has 2 nitrogen and oxygen atoms in total. The fourth-order valence-corrected chi connectivity index (χ4v) is 3.11. The lowest BCUT2D eigenvalue weighted by molar-refractivity contribution is 0.0995. The number of carbonyl (C=O) groups excluding carboxylic acids is 1. The number of carbonyl (C=O) groups is 1. The Morgan fingerprint density at radius 3 is 2.57 bits per heavy atom. The van der Waals surface area contributed by atoms with Crippen LogP contribution in [0.25, 0.3) is 0 Å². The highest BCUT2D eigenvalue weighted by molar-refractivity contribution is 9.09. The molecule has 0 saturated carbocycles. The van der Waals surface area contributed by atoms with Crippen LogP contribution in [0.15, 0.2) is 16.5 Å². The molecule has 0 aliphatic rings. The molecule has 0 saturated heterocycles. The Balaban J connectivity index is 2.81. The number of halogens is 1. The van der Waals surface area contributed by atoms with Gasteiger partial charge >= 0.3 is 0 Å². The zero-order valence-electron chi connectivity index (χ0n) is 8.42. The van der Waals surface area contributed by atoms with Gasteiger partial charge in [0.1, 0.15) is 5.50 Å². The summed E-state index contributed by atoms with van der Waals surface area (Å²) in [5, 5.41) is 0.329. The van der Waals surface area contributed by atoms with E-state index in [-0.39, 0.29) is 13.7 Å². The molecule has 14 heavy (non-hydrogen) atoms. The largest absolute Gasteiger partial charge is 0.453 e. The summed E-state index contributed by atoms with van der Waals surface area (Å²) in [5.74, 6) is 0.490. The predicted molar refractivity (Wildman–Crippen MR) is 64.5 cm³/mol. The highest BCUT2D eigenvalue weighted by Gasteiger charge is 2.14. The molecule has 1 aromatic rings. The number of alkyl halides is 1. The summed E-state index contributed by atoms with van der Waals surface area (Å²) < 4.78 is 5.53. The average molecular weight is 277 g/mol. The van der Waals surface area contributed by atoms with Crippen LogP contribution in [0.5, 0.6) is 0 Å². The number of hydrogen-bond acceptors (Lipinski definition) is 2. The molecule has 0 aliphatic carbocycles. The number of rotatable bonds is 5. The van der Waals surface area contributed by atoms with Crippen molar-refractivity contribution in [1.82, 2.24) is 0 Å². The maximum atomic E-state index is 11.3. The van der Waals surface area contributed by atoms with Gasteiger partial charge in [0.25, 0.3) is 0 Å². The molecule has 0 aliphatic heterocycles. The van der Waals surface area contributed by atoms with Gasteiger partial charge in [-0.15, -0.1) is 0 Å². The number of Topliss-reactive ketones (excluding diaryl/α,β-unsaturated/α-hetero) is 1. The topological polar surface area (TPSA) is 30.2 Å². The molecule has 0 atom stereocenters. The van der Waals surface area contributed by atoms with Gasteiger partial charge in [-0.2, -0.15) is 0 Å². The number of furan rings is 1. The van der Waals surface area contributed by atoms with Gasteiger partial charge in [-0.1, -0.05) is 29.8 Å². The second-order valence-corrected chi connectivity index (χ2v) is 6.21. The Labute approximate surface area is 93.9 Å². The third kappa shape index (κ3) is 2.68. The summed E-state index contributed by atoms with van der Waals surface area (Å²) in [6.45, 7) is 4.31. The number of hydrogen-bond donors (Lipinski definition) is 0. The summed E-state index contributed by atoms with van der Waals surface area (Å²) in [5.41, 5.74) is 0.995. The standard InChI is InChI=1S/C10H14BrO2P/c1-3-14(4-2)10-6-5-9(13-10)8(12)7-11/h5-6H,3-4,7H2,1-2H3. The van der Waals surface area contributed by atoms with E-state index >= 15 is 0 Å². The summed E-state index contributed by atoms with van der Waals surface area (Å²) >= 11 is 3.13. The first-order valence-electron chi connectivity index (χ1n) is 4.66. The van der Waals surface area contributed by atoms with E-state index in [9.17, 15) is 4.79 Å². The molecule has 1 aromatic heterocycles. The molecule has 0 bridgehead atoms. The molecule has 0 aromatic carbocycles. The van der Waals surface area contributed by atoms with Crippen molar-refractivity contribution in [3.8, 4) is 0 Å². The van der Waals surface area contributed by atoms with E-state index in [0.29, 0.717) is 11.1 Å². The normalized spacial score (nSPS) is 10.9. The SMILES string of the molecule is CCP(CC)c1ccc(C(=O)CBr)o1. The zero-order chi connectivity index (χ0) is 10.6. The Kier molecular flexibility index (Phi) is 4.83. The summed E-state index contributed by atoms with van der Waals surface area (Å²) in [7, 11) is -0.194. The van der Waals surface area contributed by atoms with Crippen LogP contribution in [0.2, 0.25) is 0 Å². The molecule has 1 rings (SSSR count). The van der Waals surface area contributed by atoms with Gasteiger partial charge in [-0.25, -0.2) is 0 Å². The molecule has 4 heteroatoms. The Morgan fingerprint density at radius 1 is 1.43 bits per heavy atom. The van der Waals surface area contributed by atoms with E-state index in [4.69, 9.17) is 4.42 Å². The van der Waals surface area contributed by atoms with Gasteiger partial charge in [0.2, 0.25) is 5.78 Å². The molecule has 0 fully saturated rings. The quantitative estimate of drug-likeness (QED) is 0.470. The molecule has 78 valence electrons. The summed E-state index contributed by atoms with van der Waals surface area (Å²) in [6, 6.07) is 3.72. The molecular weight excluding hydrogens is 263 g/mol. The summed E-state index contributed by atoms with van der Waals surface area (Å²) in [4.78, 5) is 11.3. The Morgan fingerprint density at radius 2 is 2.07 bits per heavy atom. The van der Waals surface area contributed by atoms with Crippen LogP contribution >= 0.6 is 23.9 Å². The van der Waals surface area contributed by atoms with Crippen LogP contribution in [-0.4, -0.2) is 23.4 Å². The van der Waals surface area contributed by atoms with E-state index in [0.717, 1.165) is 17.8 Å². The highest BCUT2D eigenvalue weighted by Crippen LogP contribution is 2.33. The van der Waals surface area contributed by atoms with Gasteiger partial charge in [0.15, 0.2) is 5.76 Å². The first-order valence-corrected chi connectivity index (χ1v) is 7.50. The van der Waals surface area contributed by atoms with E-state index in [1.807, 2.05) is 6.07 Å². The lowest BCUT2D eigenvalue weighted by atomic mass is 10.3. The molecule has 0 radical (unpaired) electrons. The van der Waals surface area contributed by atoms with Gasteiger partial charge in [0, 0.05) is 0 Å².